The number of imidazole rings is 1. The molecule has 0 spiro atoms. The van der Waals surface area contributed by atoms with E-state index < -0.39 is 13.9 Å². The van der Waals surface area contributed by atoms with Crippen molar-refractivity contribution in [2.75, 3.05) is 30.9 Å². The third-order valence-corrected chi connectivity index (χ3v) is 5.40. The van der Waals surface area contributed by atoms with Crippen LogP contribution in [0.2, 0.25) is 0 Å². The normalized spacial score (nSPS) is 21.2. The number of fused-ring (bicyclic) bond motifs is 1. The number of nitrogens with one attached hydrogen (secondary N) is 2. The molecule has 1 fully saturated rings. The van der Waals surface area contributed by atoms with Gasteiger partial charge in [0, 0.05) is 24.8 Å². The Hall–Kier alpha value is -1.43. The first-order valence-electron chi connectivity index (χ1n) is 7.49. The number of nitrogens with zero attached hydrogens (tertiary/aromatic N) is 3. The number of anilines is 1. The molecule has 6 N–H and O–H groups in total. The van der Waals surface area contributed by atoms with Crippen molar-refractivity contribution in [1.82, 2.24) is 24.8 Å². The molecule has 1 aliphatic rings. The van der Waals surface area contributed by atoms with Gasteiger partial charge in [-0.2, -0.15) is 4.98 Å². The van der Waals surface area contributed by atoms with Gasteiger partial charge in [0.05, 0.1) is 18.3 Å². The molecular formula is C12H19N6O5PS. The Morgan fingerprint density at radius 3 is 3.04 bits per heavy atom. The van der Waals surface area contributed by atoms with Crippen LogP contribution in [-0.4, -0.2) is 60.6 Å². The van der Waals surface area contributed by atoms with E-state index in [2.05, 4.69) is 20.3 Å². The topological polar surface area (TPSA) is 168 Å². The second kappa shape index (κ2) is 7.44. The lowest BCUT2D eigenvalue weighted by molar-refractivity contribution is 0.0648. The molecular weight excluding hydrogens is 371 g/mol. The molecule has 13 heteroatoms. The quantitative estimate of drug-likeness (QED) is 0.375. The van der Waals surface area contributed by atoms with Gasteiger partial charge in [-0.3, -0.25) is 14.3 Å². The largest absolute Gasteiger partial charge is 0.369 e. The lowest BCUT2D eigenvalue weighted by Gasteiger charge is -2.19. The van der Waals surface area contributed by atoms with Crippen molar-refractivity contribution >= 4 is 36.5 Å². The monoisotopic (exact) mass is 390 g/mol. The molecule has 0 aromatic carbocycles. The minimum atomic E-state index is -4.17. The summed E-state index contributed by atoms with van der Waals surface area (Å²) in [5.41, 5.74) is 5.85. The van der Waals surface area contributed by atoms with Gasteiger partial charge in [-0.25, -0.2) is 4.98 Å². The second-order valence-corrected chi connectivity index (χ2v) is 8.34. The number of nitrogens with two attached hydrogens (primary N) is 1. The predicted octanol–water partition coefficient (Wildman–Crippen LogP) is -0.868. The van der Waals surface area contributed by atoms with Gasteiger partial charge >= 0.3 is 7.60 Å². The first-order valence-corrected chi connectivity index (χ1v) is 10.4. The van der Waals surface area contributed by atoms with Crippen LogP contribution in [-0.2, 0) is 15.2 Å². The summed E-state index contributed by atoms with van der Waals surface area (Å²) < 4.78 is 18.0. The van der Waals surface area contributed by atoms with Crippen LogP contribution in [0, 0.1) is 5.92 Å². The van der Waals surface area contributed by atoms with Gasteiger partial charge in [0.25, 0.3) is 5.56 Å². The zero-order valence-electron chi connectivity index (χ0n) is 13.2. The molecule has 3 heterocycles. The predicted molar refractivity (Wildman–Crippen MR) is 93.2 cm³/mol. The lowest BCUT2D eigenvalue weighted by Crippen LogP contribution is -2.25. The van der Waals surface area contributed by atoms with Gasteiger partial charge in [-0.15, -0.1) is 11.8 Å². The van der Waals surface area contributed by atoms with Crippen molar-refractivity contribution in [3.05, 3.63) is 16.7 Å². The SMILES string of the molecule is Nc1nc2c(ncn2CSCC2CNC[C@H]2OCP(=O)(O)O)c(=O)[nH]1. The molecule has 0 aliphatic carbocycles. The van der Waals surface area contributed by atoms with Crippen molar-refractivity contribution in [2.24, 2.45) is 5.92 Å². The van der Waals surface area contributed by atoms with E-state index in [9.17, 15) is 9.36 Å². The lowest BCUT2D eigenvalue weighted by atomic mass is 10.1. The van der Waals surface area contributed by atoms with Crippen LogP contribution >= 0.6 is 19.4 Å². The summed E-state index contributed by atoms with van der Waals surface area (Å²) >= 11 is 1.59. The molecule has 2 atom stereocenters. The maximum atomic E-state index is 11.7. The number of H-pyrrole nitrogens is 1. The van der Waals surface area contributed by atoms with Gasteiger partial charge in [-0.05, 0) is 0 Å². The highest BCUT2D eigenvalue weighted by atomic mass is 32.2. The second-order valence-electron chi connectivity index (χ2n) is 5.75. The molecule has 1 saturated heterocycles. The maximum absolute atomic E-state index is 11.7. The molecule has 25 heavy (non-hydrogen) atoms. The fourth-order valence-corrected chi connectivity index (χ4v) is 4.14. The highest BCUT2D eigenvalue weighted by molar-refractivity contribution is 7.98. The van der Waals surface area contributed by atoms with E-state index in [-0.39, 0.29) is 29.0 Å². The minimum Gasteiger partial charge on any atom is -0.369 e. The van der Waals surface area contributed by atoms with Gasteiger partial charge in [0.2, 0.25) is 5.95 Å². The number of nitrogen functional groups attached to an aromatic ring is 1. The fourth-order valence-electron chi connectivity index (χ4n) is 2.63. The van der Waals surface area contributed by atoms with Crippen molar-refractivity contribution in [1.29, 1.82) is 0 Å². The van der Waals surface area contributed by atoms with Crippen molar-refractivity contribution in [2.45, 2.75) is 12.0 Å². The third kappa shape index (κ3) is 4.60. The number of hydrogen-bond donors (Lipinski definition) is 5. The Kier molecular flexibility index (Phi) is 5.46. The third-order valence-electron chi connectivity index (χ3n) is 3.79. The molecule has 0 bridgehead atoms. The van der Waals surface area contributed by atoms with Gasteiger partial charge < -0.3 is 30.1 Å². The molecule has 138 valence electrons. The zero-order chi connectivity index (χ0) is 18.0. The van der Waals surface area contributed by atoms with E-state index in [0.29, 0.717) is 24.6 Å². The average Bonchev–Trinajstić information content (AvgIpc) is 3.12. The average molecular weight is 390 g/mol. The Morgan fingerprint density at radius 2 is 2.28 bits per heavy atom. The summed E-state index contributed by atoms with van der Waals surface area (Å²) in [6.07, 6.45) is 0.725. The highest BCUT2D eigenvalue weighted by Gasteiger charge is 2.29. The van der Waals surface area contributed by atoms with Gasteiger partial charge in [0.1, 0.15) is 6.35 Å². The standard InChI is InChI=1S/C12H19N6O5PS/c13-12-16-10-9(11(19)17-12)15-4-18(10)5-25-3-7-1-14-2-8(7)23-6-24(20,21)22/h4,7-8,14H,1-3,5-6H2,(H2,20,21,22)(H3,13,16,17,19)/t7?,8-/m1/s1. The van der Waals surface area contributed by atoms with Crippen LogP contribution in [0.1, 0.15) is 0 Å². The zero-order valence-corrected chi connectivity index (χ0v) is 14.9. The summed E-state index contributed by atoms with van der Waals surface area (Å²) in [6, 6.07) is 0. The first-order chi connectivity index (χ1) is 11.8. The Balaban J connectivity index is 1.57. The van der Waals surface area contributed by atoms with E-state index in [0.717, 1.165) is 5.75 Å². The Bertz CT molecular complexity index is 850. The summed E-state index contributed by atoms with van der Waals surface area (Å²) in [6.45, 7) is 1.28. The summed E-state index contributed by atoms with van der Waals surface area (Å²) in [4.78, 5) is 40.1. The number of thioether (sulfide) groups is 1. The summed E-state index contributed by atoms with van der Waals surface area (Å²) in [5, 5.41) is 3.16. The van der Waals surface area contributed by atoms with E-state index in [1.807, 2.05) is 0 Å². The number of aromatic nitrogens is 4. The van der Waals surface area contributed by atoms with Crippen LogP contribution in [0.15, 0.2) is 11.1 Å². The number of rotatable bonds is 7. The van der Waals surface area contributed by atoms with Crippen LogP contribution in [0.4, 0.5) is 5.95 Å². The molecule has 11 nitrogen and oxygen atoms in total. The van der Waals surface area contributed by atoms with Gasteiger partial charge in [0.15, 0.2) is 11.2 Å². The van der Waals surface area contributed by atoms with Crippen LogP contribution < -0.4 is 16.6 Å². The van der Waals surface area contributed by atoms with Gasteiger partial charge in [-0.1, -0.05) is 0 Å². The first kappa shape index (κ1) is 18.4. The van der Waals surface area contributed by atoms with Crippen molar-refractivity contribution in [3.63, 3.8) is 0 Å². The van der Waals surface area contributed by atoms with E-state index >= 15 is 0 Å². The van der Waals surface area contributed by atoms with Crippen LogP contribution in [0.5, 0.6) is 0 Å². The molecule has 2 aromatic heterocycles. The van der Waals surface area contributed by atoms with Crippen LogP contribution in [0.25, 0.3) is 11.2 Å². The molecule has 0 radical (unpaired) electrons. The molecule has 3 rings (SSSR count). The summed E-state index contributed by atoms with van der Waals surface area (Å²) in [7, 11) is -4.17. The molecule has 0 amide bonds. The van der Waals surface area contributed by atoms with E-state index in [4.69, 9.17) is 20.3 Å². The number of aromatic amines is 1. The molecule has 2 aromatic rings. The fraction of sp³-hybridized carbons (Fsp3) is 0.583. The number of hydrogen-bond acceptors (Lipinski definition) is 8. The number of ether oxygens (including phenoxy) is 1. The Morgan fingerprint density at radius 1 is 1.48 bits per heavy atom. The van der Waals surface area contributed by atoms with Crippen LogP contribution in [0.3, 0.4) is 0 Å². The van der Waals surface area contributed by atoms with E-state index in [1.54, 1.807) is 16.3 Å². The molecule has 1 unspecified atom stereocenters. The molecule has 1 aliphatic heterocycles. The van der Waals surface area contributed by atoms with Crippen molar-refractivity contribution in [3.8, 4) is 0 Å². The molecule has 0 saturated carbocycles. The van der Waals surface area contributed by atoms with E-state index in [1.165, 1.54) is 6.33 Å². The summed E-state index contributed by atoms with van der Waals surface area (Å²) in [5.74, 6) is 1.41. The Labute approximate surface area is 146 Å². The van der Waals surface area contributed by atoms with Crippen molar-refractivity contribution < 1.29 is 19.1 Å². The maximum Gasteiger partial charge on any atom is 0.350 e. The minimum absolute atomic E-state index is 0.0372. The smallest absolute Gasteiger partial charge is 0.350 e. The highest BCUT2D eigenvalue weighted by Crippen LogP contribution is 2.35.